The van der Waals surface area contributed by atoms with E-state index in [9.17, 15) is 14.0 Å². The molecular weight excluding hydrogens is 401 g/mol. The Morgan fingerprint density at radius 1 is 1.19 bits per heavy atom. The SMILES string of the molecule is COc1cc(F)ccc1-c1ccc(=O)n(CC(=O)N2CCO[C@@H](c3ccccc3)C2)n1. The molecule has 8 heteroatoms. The average Bonchev–Trinajstić information content (AvgIpc) is 2.81. The van der Waals surface area contributed by atoms with Crippen LogP contribution in [0.1, 0.15) is 11.7 Å². The van der Waals surface area contributed by atoms with Gasteiger partial charge in [0.1, 0.15) is 24.2 Å². The van der Waals surface area contributed by atoms with Gasteiger partial charge in [-0.1, -0.05) is 30.3 Å². The van der Waals surface area contributed by atoms with Crippen LogP contribution in [0.2, 0.25) is 0 Å². The summed E-state index contributed by atoms with van der Waals surface area (Å²) in [6.45, 7) is 1.07. The molecule has 1 saturated heterocycles. The van der Waals surface area contributed by atoms with Crippen molar-refractivity contribution in [1.29, 1.82) is 0 Å². The zero-order chi connectivity index (χ0) is 21.8. The minimum Gasteiger partial charge on any atom is -0.496 e. The molecule has 4 rings (SSSR count). The second-order valence-corrected chi connectivity index (χ2v) is 7.17. The summed E-state index contributed by atoms with van der Waals surface area (Å²) in [7, 11) is 1.43. The number of hydrogen-bond donors (Lipinski definition) is 0. The van der Waals surface area contributed by atoms with E-state index >= 15 is 0 Å². The standard InChI is InChI=1S/C23H22FN3O4/c1-30-20-13-17(24)7-8-18(20)19-9-10-22(28)27(25-19)15-23(29)26-11-12-31-21(14-26)16-5-3-2-4-6-16/h2-10,13,21H,11-12,14-15H2,1H3/t21-/m1/s1. The topological polar surface area (TPSA) is 73.7 Å². The molecule has 1 aliphatic rings. The number of ether oxygens (including phenoxy) is 2. The van der Waals surface area contributed by atoms with Gasteiger partial charge in [0.25, 0.3) is 5.56 Å². The first-order valence-electron chi connectivity index (χ1n) is 9.91. The van der Waals surface area contributed by atoms with Crippen molar-refractivity contribution in [3.05, 3.63) is 82.4 Å². The van der Waals surface area contributed by atoms with Crippen molar-refractivity contribution in [3.8, 4) is 17.0 Å². The van der Waals surface area contributed by atoms with Gasteiger partial charge in [-0.2, -0.15) is 5.10 Å². The Kier molecular flexibility index (Phi) is 6.08. The van der Waals surface area contributed by atoms with E-state index in [1.165, 1.54) is 37.4 Å². The Morgan fingerprint density at radius 3 is 2.77 bits per heavy atom. The van der Waals surface area contributed by atoms with Gasteiger partial charge < -0.3 is 14.4 Å². The number of nitrogens with zero attached hydrogens (tertiary/aromatic N) is 3. The van der Waals surface area contributed by atoms with E-state index in [2.05, 4.69) is 5.10 Å². The van der Waals surface area contributed by atoms with Crippen molar-refractivity contribution in [1.82, 2.24) is 14.7 Å². The van der Waals surface area contributed by atoms with Gasteiger partial charge in [0.2, 0.25) is 5.91 Å². The zero-order valence-corrected chi connectivity index (χ0v) is 17.0. The maximum absolute atomic E-state index is 13.5. The summed E-state index contributed by atoms with van der Waals surface area (Å²) < 4.78 is 25.7. The number of hydrogen-bond acceptors (Lipinski definition) is 5. The van der Waals surface area contributed by atoms with Crippen molar-refractivity contribution in [2.24, 2.45) is 0 Å². The summed E-state index contributed by atoms with van der Waals surface area (Å²) in [6.07, 6.45) is -0.210. The average molecular weight is 423 g/mol. The maximum Gasteiger partial charge on any atom is 0.267 e. The fourth-order valence-electron chi connectivity index (χ4n) is 3.56. The Hall–Kier alpha value is -3.52. The van der Waals surface area contributed by atoms with E-state index in [4.69, 9.17) is 9.47 Å². The van der Waals surface area contributed by atoms with E-state index < -0.39 is 11.4 Å². The molecule has 0 N–H and O–H groups in total. The predicted octanol–water partition coefficient (Wildman–Crippen LogP) is 2.66. The third kappa shape index (κ3) is 4.64. The molecule has 2 aromatic carbocycles. The molecule has 1 atom stereocenters. The highest BCUT2D eigenvalue weighted by Crippen LogP contribution is 2.28. The predicted molar refractivity (Wildman–Crippen MR) is 112 cm³/mol. The maximum atomic E-state index is 13.5. The molecule has 1 amide bonds. The van der Waals surface area contributed by atoms with Crippen LogP contribution in [0, 0.1) is 5.82 Å². The van der Waals surface area contributed by atoms with Gasteiger partial charge in [-0.3, -0.25) is 9.59 Å². The highest BCUT2D eigenvalue weighted by molar-refractivity contribution is 5.76. The number of carbonyl (C=O) groups is 1. The molecule has 0 bridgehead atoms. The number of benzene rings is 2. The summed E-state index contributed by atoms with van der Waals surface area (Å²) in [6, 6.07) is 16.6. The van der Waals surface area contributed by atoms with Crippen molar-refractivity contribution in [2.45, 2.75) is 12.6 Å². The van der Waals surface area contributed by atoms with Crippen LogP contribution >= 0.6 is 0 Å². The van der Waals surface area contributed by atoms with Crippen LogP contribution in [0.3, 0.4) is 0 Å². The second kappa shape index (κ2) is 9.09. The highest BCUT2D eigenvalue weighted by atomic mass is 19.1. The molecule has 31 heavy (non-hydrogen) atoms. The fraction of sp³-hybridized carbons (Fsp3) is 0.261. The van der Waals surface area contributed by atoms with Crippen LogP contribution in [0.5, 0.6) is 5.75 Å². The molecule has 2 heterocycles. The van der Waals surface area contributed by atoms with Gasteiger partial charge in [0.15, 0.2) is 0 Å². The monoisotopic (exact) mass is 423 g/mol. The smallest absolute Gasteiger partial charge is 0.267 e. The molecule has 1 fully saturated rings. The molecule has 1 aliphatic heterocycles. The van der Waals surface area contributed by atoms with E-state index in [1.54, 1.807) is 4.90 Å². The molecule has 0 unspecified atom stereocenters. The van der Waals surface area contributed by atoms with Crippen molar-refractivity contribution >= 4 is 5.91 Å². The first-order valence-corrected chi connectivity index (χ1v) is 9.91. The van der Waals surface area contributed by atoms with Gasteiger partial charge in [-0.05, 0) is 23.8 Å². The summed E-state index contributed by atoms with van der Waals surface area (Å²) in [5.74, 6) is -0.366. The fourth-order valence-corrected chi connectivity index (χ4v) is 3.56. The van der Waals surface area contributed by atoms with Gasteiger partial charge in [-0.15, -0.1) is 0 Å². The van der Waals surface area contributed by atoms with Crippen LogP contribution in [-0.4, -0.2) is 47.4 Å². The number of methoxy groups -OCH3 is 1. The van der Waals surface area contributed by atoms with E-state index in [-0.39, 0.29) is 18.6 Å². The molecule has 0 radical (unpaired) electrons. The highest BCUT2D eigenvalue weighted by Gasteiger charge is 2.26. The largest absolute Gasteiger partial charge is 0.496 e. The minimum atomic E-state index is -0.440. The van der Waals surface area contributed by atoms with Crippen LogP contribution in [0.25, 0.3) is 11.3 Å². The normalized spacial score (nSPS) is 16.2. The molecule has 1 aromatic heterocycles. The molecule has 160 valence electrons. The lowest BCUT2D eigenvalue weighted by Crippen LogP contribution is -2.44. The molecule has 0 spiro atoms. The summed E-state index contributed by atoms with van der Waals surface area (Å²) >= 11 is 0. The summed E-state index contributed by atoms with van der Waals surface area (Å²) in [5.41, 5.74) is 1.54. The Bertz CT molecular complexity index is 1130. The van der Waals surface area contributed by atoms with Crippen LogP contribution in [-0.2, 0) is 16.1 Å². The minimum absolute atomic E-state index is 0.197. The van der Waals surface area contributed by atoms with Crippen LogP contribution in [0.4, 0.5) is 4.39 Å². The summed E-state index contributed by atoms with van der Waals surface area (Å²) in [5, 5.41) is 4.32. The number of morpholine rings is 1. The molecular formula is C23H22FN3O4. The molecule has 0 aliphatic carbocycles. The molecule has 3 aromatic rings. The van der Waals surface area contributed by atoms with E-state index in [0.29, 0.717) is 36.7 Å². The summed E-state index contributed by atoms with van der Waals surface area (Å²) in [4.78, 5) is 26.9. The Balaban J connectivity index is 1.53. The van der Waals surface area contributed by atoms with Gasteiger partial charge in [0.05, 0.1) is 26.0 Å². The van der Waals surface area contributed by atoms with Crippen molar-refractivity contribution in [2.75, 3.05) is 26.8 Å². The van der Waals surface area contributed by atoms with Gasteiger partial charge in [-0.25, -0.2) is 9.07 Å². The zero-order valence-electron chi connectivity index (χ0n) is 17.0. The van der Waals surface area contributed by atoms with E-state index in [1.807, 2.05) is 30.3 Å². The lowest BCUT2D eigenvalue weighted by atomic mass is 10.1. The number of carbonyl (C=O) groups excluding carboxylic acids is 1. The van der Waals surface area contributed by atoms with Gasteiger partial charge in [0, 0.05) is 24.2 Å². The van der Waals surface area contributed by atoms with E-state index in [0.717, 1.165) is 10.2 Å². The number of halogens is 1. The van der Waals surface area contributed by atoms with Crippen LogP contribution in [0.15, 0.2) is 65.5 Å². The van der Waals surface area contributed by atoms with Crippen molar-refractivity contribution < 1.29 is 18.7 Å². The quantitative estimate of drug-likeness (QED) is 0.631. The Morgan fingerprint density at radius 2 is 2.00 bits per heavy atom. The lowest BCUT2D eigenvalue weighted by molar-refractivity contribution is -0.139. The Labute approximate surface area is 178 Å². The van der Waals surface area contributed by atoms with Gasteiger partial charge >= 0.3 is 0 Å². The molecule has 7 nitrogen and oxygen atoms in total. The number of rotatable bonds is 5. The lowest BCUT2D eigenvalue weighted by Gasteiger charge is -2.33. The number of aromatic nitrogens is 2. The van der Waals surface area contributed by atoms with Crippen molar-refractivity contribution in [3.63, 3.8) is 0 Å². The number of amides is 1. The third-order valence-electron chi connectivity index (χ3n) is 5.18. The third-order valence-corrected chi connectivity index (χ3v) is 5.18. The second-order valence-electron chi connectivity index (χ2n) is 7.17. The van der Waals surface area contributed by atoms with Crippen LogP contribution < -0.4 is 10.3 Å². The first kappa shape index (κ1) is 20.7. The molecule has 0 saturated carbocycles. The first-order chi connectivity index (χ1) is 15.0.